The molecule has 0 radical (unpaired) electrons. The van der Waals surface area contributed by atoms with Crippen molar-refractivity contribution >= 4 is 11.8 Å². The molecule has 0 aromatic carbocycles. The molecular weight excluding hydrogens is 174 g/mol. The van der Waals surface area contributed by atoms with Gasteiger partial charge in [-0.1, -0.05) is 0 Å². The second kappa shape index (κ2) is 9.32. The van der Waals surface area contributed by atoms with Gasteiger partial charge in [-0.05, 0) is 19.2 Å². The number of nitrogens with one attached hydrogen (secondary N) is 1. The maximum absolute atomic E-state index is 8.83. The minimum atomic E-state index is 0.216. The fourth-order valence-corrected chi connectivity index (χ4v) is 1.80. The van der Waals surface area contributed by atoms with Crippen molar-refractivity contribution in [3.05, 3.63) is 0 Å². The van der Waals surface area contributed by atoms with Gasteiger partial charge >= 0.3 is 0 Å². The average Bonchev–Trinajstić information content (AvgIpc) is 2.11. The van der Waals surface area contributed by atoms with E-state index in [9.17, 15) is 0 Å². The quantitative estimate of drug-likeness (QED) is 0.545. The summed E-state index contributed by atoms with van der Waals surface area (Å²) in [5, 5.41) is 11.9. The molecule has 0 bridgehead atoms. The van der Waals surface area contributed by atoms with Gasteiger partial charge in [0.05, 0.1) is 6.61 Å². The SMILES string of the molecule is CNC(CO)CSCCCOC. The molecule has 0 amide bonds. The van der Waals surface area contributed by atoms with E-state index < -0.39 is 0 Å². The van der Waals surface area contributed by atoms with Gasteiger partial charge in [0.2, 0.25) is 0 Å². The number of likely N-dealkylation sites (N-methyl/N-ethyl adjacent to an activating group) is 1. The third-order valence-electron chi connectivity index (χ3n) is 1.58. The van der Waals surface area contributed by atoms with Gasteiger partial charge in [0.15, 0.2) is 0 Å². The second-order valence-electron chi connectivity index (χ2n) is 2.59. The van der Waals surface area contributed by atoms with Crippen LogP contribution in [0.2, 0.25) is 0 Å². The minimum absolute atomic E-state index is 0.216. The van der Waals surface area contributed by atoms with E-state index in [1.54, 1.807) is 7.11 Å². The van der Waals surface area contributed by atoms with Crippen molar-refractivity contribution in [1.82, 2.24) is 5.32 Å². The zero-order valence-corrected chi connectivity index (χ0v) is 8.69. The summed E-state index contributed by atoms with van der Waals surface area (Å²) in [7, 11) is 3.59. The van der Waals surface area contributed by atoms with E-state index in [1.165, 1.54) is 0 Å². The third kappa shape index (κ3) is 6.91. The van der Waals surface area contributed by atoms with Gasteiger partial charge in [0.1, 0.15) is 0 Å². The normalized spacial score (nSPS) is 13.2. The average molecular weight is 193 g/mol. The standard InChI is InChI=1S/C8H19NO2S/c1-9-8(6-10)7-12-5-3-4-11-2/h8-10H,3-7H2,1-2H3. The molecule has 12 heavy (non-hydrogen) atoms. The topological polar surface area (TPSA) is 41.5 Å². The van der Waals surface area contributed by atoms with Crippen molar-refractivity contribution in [2.75, 3.05) is 38.9 Å². The zero-order valence-electron chi connectivity index (χ0n) is 7.88. The molecule has 0 aromatic rings. The number of hydrogen-bond acceptors (Lipinski definition) is 4. The highest BCUT2D eigenvalue weighted by Gasteiger charge is 2.02. The van der Waals surface area contributed by atoms with Crippen LogP contribution in [0.4, 0.5) is 0 Å². The first-order valence-electron chi connectivity index (χ1n) is 4.20. The smallest absolute Gasteiger partial charge is 0.0592 e. The largest absolute Gasteiger partial charge is 0.395 e. The Hall–Kier alpha value is 0.230. The summed E-state index contributed by atoms with van der Waals surface area (Å²) in [6, 6.07) is 0.234. The third-order valence-corrected chi connectivity index (χ3v) is 2.80. The van der Waals surface area contributed by atoms with Gasteiger partial charge in [0, 0.05) is 25.5 Å². The van der Waals surface area contributed by atoms with Crippen molar-refractivity contribution in [2.45, 2.75) is 12.5 Å². The van der Waals surface area contributed by atoms with Crippen LogP contribution in [0.5, 0.6) is 0 Å². The van der Waals surface area contributed by atoms with Gasteiger partial charge in [0.25, 0.3) is 0 Å². The first-order chi connectivity index (χ1) is 5.85. The molecule has 3 nitrogen and oxygen atoms in total. The van der Waals surface area contributed by atoms with E-state index in [4.69, 9.17) is 9.84 Å². The zero-order chi connectivity index (χ0) is 9.23. The molecule has 0 aliphatic rings. The fourth-order valence-electron chi connectivity index (χ4n) is 0.758. The van der Waals surface area contributed by atoms with Crippen LogP contribution in [-0.2, 0) is 4.74 Å². The predicted octanol–water partition coefficient (Wildman–Crippen LogP) is 0.336. The Bertz CT molecular complexity index is 89.1. The van der Waals surface area contributed by atoms with E-state index in [2.05, 4.69) is 5.32 Å². The Morgan fingerprint density at radius 1 is 1.58 bits per heavy atom. The van der Waals surface area contributed by atoms with E-state index in [0.29, 0.717) is 0 Å². The maximum Gasteiger partial charge on any atom is 0.0592 e. The van der Waals surface area contributed by atoms with Gasteiger partial charge in [-0.2, -0.15) is 11.8 Å². The Balaban J connectivity index is 3.06. The summed E-state index contributed by atoms with van der Waals surface area (Å²) in [5.41, 5.74) is 0. The number of methoxy groups -OCH3 is 1. The van der Waals surface area contributed by atoms with Crippen LogP contribution < -0.4 is 5.32 Å². The number of rotatable bonds is 8. The number of thioether (sulfide) groups is 1. The Labute approximate surface area is 78.9 Å². The lowest BCUT2D eigenvalue weighted by Crippen LogP contribution is -2.31. The van der Waals surface area contributed by atoms with Crippen LogP contribution in [0.1, 0.15) is 6.42 Å². The molecule has 0 spiro atoms. The number of ether oxygens (including phenoxy) is 1. The summed E-state index contributed by atoms with van der Waals surface area (Å²) < 4.78 is 4.92. The monoisotopic (exact) mass is 193 g/mol. The van der Waals surface area contributed by atoms with Gasteiger partial charge in [-0.25, -0.2) is 0 Å². The summed E-state index contributed by atoms with van der Waals surface area (Å²) in [6.07, 6.45) is 1.09. The highest BCUT2D eigenvalue weighted by Crippen LogP contribution is 2.04. The van der Waals surface area contributed by atoms with Crippen LogP contribution in [0.15, 0.2) is 0 Å². The fraction of sp³-hybridized carbons (Fsp3) is 1.00. The van der Waals surface area contributed by atoms with Crippen LogP contribution in [0.3, 0.4) is 0 Å². The van der Waals surface area contributed by atoms with Gasteiger partial charge in [-0.15, -0.1) is 0 Å². The Morgan fingerprint density at radius 3 is 2.83 bits per heavy atom. The molecule has 0 aromatic heterocycles. The maximum atomic E-state index is 8.83. The number of aliphatic hydroxyl groups excluding tert-OH is 1. The number of aliphatic hydroxyl groups is 1. The molecule has 1 atom stereocenters. The second-order valence-corrected chi connectivity index (χ2v) is 3.74. The molecule has 0 rings (SSSR count). The molecule has 74 valence electrons. The van der Waals surface area contributed by atoms with Crippen LogP contribution >= 0.6 is 11.8 Å². The Kier molecular flexibility index (Phi) is 9.50. The lowest BCUT2D eigenvalue weighted by atomic mass is 10.4. The molecule has 0 saturated carbocycles. The molecule has 1 unspecified atom stereocenters. The van der Waals surface area contributed by atoms with E-state index in [-0.39, 0.29) is 12.6 Å². The van der Waals surface area contributed by atoms with E-state index in [1.807, 2.05) is 18.8 Å². The van der Waals surface area contributed by atoms with Gasteiger partial charge < -0.3 is 15.2 Å². The lowest BCUT2D eigenvalue weighted by molar-refractivity contribution is 0.200. The summed E-state index contributed by atoms with van der Waals surface area (Å²) in [4.78, 5) is 0. The molecule has 0 aliphatic heterocycles. The van der Waals surface area contributed by atoms with Crippen LogP contribution in [0, 0.1) is 0 Å². The molecule has 0 heterocycles. The summed E-state index contributed by atoms with van der Waals surface area (Å²) in [6.45, 7) is 1.05. The van der Waals surface area contributed by atoms with Gasteiger partial charge in [-0.3, -0.25) is 0 Å². The minimum Gasteiger partial charge on any atom is -0.395 e. The predicted molar refractivity (Wildman–Crippen MR) is 53.8 cm³/mol. The van der Waals surface area contributed by atoms with Crippen LogP contribution in [-0.4, -0.2) is 50.0 Å². The molecule has 4 heteroatoms. The molecule has 0 aliphatic carbocycles. The van der Waals surface area contributed by atoms with E-state index in [0.717, 1.165) is 24.5 Å². The molecule has 2 N–H and O–H groups in total. The van der Waals surface area contributed by atoms with E-state index >= 15 is 0 Å². The van der Waals surface area contributed by atoms with Crippen molar-refractivity contribution in [2.24, 2.45) is 0 Å². The Morgan fingerprint density at radius 2 is 2.33 bits per heavy atom. The van der Waals surface area contributed by atoms with Crippen molar-refractivity contribution < 1.29 is 9.84 Å². The first-order valence-corrected chi connectivity index (χ1v) is 5.35. The lowest BCUT2D eigenvalue weighted by Gasteiger charge is -2.11. The first kappa shape index (κ1) is 12.2. The van der Waals surface area contributed by atoms with Crippen molar-refractivity contribution in [3.63, 3.8) is 0 Å². The summed E-state index contributed by atoms with van der Waals surface area (Å²) >= 11 is 1.85. The highest BCUT2D eigenvalue weighted by molar-refractivity contribution is 7.99. The van der Waals surface area contributed by atoms with Crippen molar-refractivity contribution in [3.8, 4) is 0 Å². The van der Waals surface area contributed by atoms with Crippen LogP contribution in [0.25, 0.3) is 0 Å². The highest BCUT2D eigenvalue weighted by atomic mass is 32.2. The molecular formula is C8H19NO2S. The molecule has 0 fully saturated rings. The number of hydrogen-bond donors (Lipinski definition) is 2. The molecule has 0 saturated heterocycles. The van der Waals surface area contributed by atoms with Crippen molar-refractivity contribution in [1.29, 1.82) is 0 Å². The summed E-state index contributed by atoms with van der Waals surface area (Å²) in [5.74, 6) is 2.07.